The van der Waals surface area contributed by atoms with Gasteiger partial charge in [0.05, 0.1) is 5.92 Å². The highest BCUT2D eigenvalue weighted by Gasteiger charge is 2.12. The van der Waals surface area contributed by atoms with Crippen molar-refractivity contribution in [3.05, 3.63) is 28.0 Å². The summed E-state index contributed by atoms with van der Waals surface area (Å²) in [5, 5.41) is 0.538. The number of hydrogen-bond donors (Lipinski definition) is 1. The zero-order valence-electron chi connectivity index (χ0n) is 9.15. The number of rotatable bonds is 4. The third kappa shape index (κ3) is 5.55. The van der Waals surface area contributed by atoms with Crippen molar-refractivity contribution in [2.24, 2.45) is 11.7 Å². The van der Waals surface area contributed by atoms with E-state index >= 15 is 0 Å². The van der Waals surface area contributed by atoms with Crippen LogP contribution in [0.5, 0.6) is 0 Å². The number of carbonyl (C=O) groups excluding carboxylic acids is 1. The molecule has 0 amide bonds. The molecule has 2 N–H and O–H groups in total. The van der Waals surface area contributed by atoms with E-state index in [1.165, 1.54) is 0 Å². The van der Waals surface area contributed by atoms with Gasteiger partial charge in [0.1, 0.15) is 16.9 Å². The van der Waals surface area contributed by atoms with Gasteiger partial charge in [-0.1, -0.05) is 30.1 Å². The first-order chi connectivity index (χ1) is 7.52. The standard InChI is InChI=1S/C10H12Cl2N2O2.ClH/c1-6(4-13)10(15)16-5-7-2-8(11)14-9(12)3-7;/h2-3,6H,4-5,13H2,1H3;1H/t6-;/m0./s1. The molecule has 1 aromatic rings. The first-order valence-corrected chi connectivity index (χ1v) is 5.47. The summed E-state index contributed by atoms with van der Waals surface area (Å²) in [5.74, 6) is -0.653. The zero-order valence-corrected chi connectivity index (χ0v) is 11.5. The van der Waals surface area contributed by atoms with Crippen molar-refractivity contribution in [1.29, 1.82) is 0 Å². The minimum atomic E-state index is -0.341. The van der Waals surface area contributed by atoms with Crippen molar-refractivity contribution in [2.45, 2.75) is 13.5 Å². The molecule has 1 rings (SSSR count). The Morgan fingerprint density at radius 3 is 2.47 bits per heavy atom. The monoisotopic (exact) mass is 298 g/mol. The van der Waals surface area contributed by atoms with E-state index in [0.717, 1.165) is 0 Å². The van der Waals surface area contributed by atoms with Crippen LogP contribution in [0.15, 0.2) is 12.1 Å². The van der Waals surface area contributed by atoms with Crippen LogP contribution in [0.4, 0.5) is 0 Å². The second-order valence-corrected chi connectivity index (χ2v) is 4.14. The third-order valence-electron chi connectivity index (χ3n) is 1.96. The summed E-state index contributed by atoms with van der Waals surface area (Å²) in [5.41, 5.74) is 6.03. The lowest BCUT2D eigenvalue weighted by Crippen LogP contribution is -2.22. The second kappa shape index (κ2) is 7.71. The fourth-order valence-electron chi connectivity index (χ4n) is 0.990. The predicted molar refractivity (Wildman–Crippen MR) is 69.5 cm³/mol. The molecule has 17 heavy (non-hydrogen) atoms. The molecular weight excluding hydrogens is 286 g/mol. The molecule has 0 bridgehead atoms. The summed E-state index contributed by atoms with van der Waals surface area (Å²) >= 11 is 11.4. The van der Waals surface area contributed by atoms with Crippen molar-refractivity contribution in [3.8, 4) is 0 Å². The van der Waals surface area contributed by atoms with E-state index in [1.54, 1.807) is 19.1 Å². The van der Waals surface area contributed by atoms with Crippen LogP contribution in [0, 0.1) is 5.92 Å². The van der Waals surface area contributed by atoms with Crippen LogP contribution >= 0.6 is 35.6 Å². The number of pyridine rings is 1. The van der Waals surface area contributed by atoms with Gasteiger partial charge in [-0.05, 0) is 17.7 Å². The van der Waals surface area contributed by atoms with Crippen LogP contribution in [0.1, 0.15) is 12.5 Å². The lowest BCUT2D eigenvalue weighted by atomic mass is 10.2. The van der Waals surface area contributed by atoms with Crippen LogP contribution in [-0.2, 0) is 16.1 Å². The molecule has 0 aliphatic rings. The lowest BCUT2D eigenvalue weighted by molar-refractivity contribution is -0.148. The van der Waals surface area contributed by atoms with E-state index in [4.69, 9.17) is 33.7 Å². The maximum atomic E-state index is 11.3. The van der Waals surface area contributed by atoms with Crippen molar-refractivity contribution in [1.82, 2.24) is 4.98 Å². The number of halogens is 3. The molecule has 0 aliphatic carbocycles. The highest BCUT2D eigenvalue weighted by Crippen LogP contribution is 2.15. The number of aromatic nitrogens is 1. The average Bonchev–Trinajstić information content (AvgIpc) is 2.23. The van der Waals surface area contributed by atoms with Gasteiger partial charge in [-0.15, -0.1) is 12.4 Å². The molecule has 0 saturated carbocycles. The van der Waals surface area contributed by atoms with E-state index in [9.17, 15) is 4.79 Å². The minimum Gasteiger partial charge on any atom is -0.461 e. The molecule has 0 radical (unpaired) electrons. The maximum Gasteiger partial charge on any atom is 0.310 e. The van der Waals surface area contributed by atoms with Crippen molar-refractivity contribution >= 4 is 41.6 Å². The summed E-state index contributed by atoms with van der Waals surface area (Å²) in [7, 11) is 0. The van der Waals surface area contributed by atoms with E-state index in [-0.39, 0.29) is 47.8 Å². The summed E-state index contributed by atoms with van der Waals surface area (Å²) in [6.45, 7) is 2.08. The van der Waals surface area contributed by atoms with Crippen LogP contribution in [0.3, 0.4) is 0 Å². The topological polar surface area (TPSA) is 65.2 Å². The fraction of sp³-hybridized carbons (Fsp3) is 0.400. The van der Waals surface area contributed by atoms with E-state index in [0.29, 0.717) is 5.56 Å². The van der Waals surface area contributed by atoms with Gasteiger partial charge in [-0.2, -0.15) is 0 Å². The number of esters is 1. The number of ether oxygens (including phenoxy) is 1. The molecule has 0 saturated heterocycles. The smallest absolute Gasteiger partial charge is 0.310 e. The molecule has 7 heteroatoms. The number of carbonyl (C=O) groups is 1. The van der Waals surface area contributed by atoms with Gasteiger partial charge >= 0.3 is 5.97 Å². The predicted octanol–water partition coefficient (Wildman–Crippen LogP) is 2.45. The van der Waals surface area contributed by atoms with Crippen LogP contribution in [-0.4, -0.2) is 17.5 Å². The second-order valence-electron chi connectivity index (χ2n) is 3.37. The molecule has 0 aliphatic heterocycles. The summed E-state index contributed by atoms with van der Waals surface area (Å²) in [4.78, 5) is 15.1. The number of hydrogen-bond acceptors (Lipinski definition) is 4. The van der Waals surface area contributed by atoms with E-state index in [1.807, 2.05) is 0 Å². The molecule has 0 unspecified atom stereocenters. The molecule has 0 aromatic carbocycles. The van der Waals surface area contributed by atoms with Gasteiger partial charge in [0.15, 0.2) is 0 Å². The highest BCUT2D eigenvalue weighted by molar-refractivity contribution is 6.32. The minimum absolute atomic E-state index is 0. The quantitative estimate of drug-likeness (QED) is 0.685. The van der Waals surface area contributed by atoms with Crippen LogP contribution in [0.2, 0.25) is 10.3 Å². The normalized spacial score (nSPS) is 11.5. The molecular formula is C10H13Cl3N2O2. The maximum absolute atomic E-state index is 11.3. The van der Waals surface area contributed by atoms with Gasteiger partial charge in [-0.25, -0.2) is 4.98 Å². The Bertz CT molecular complexity index is 368. The van der Waals surface area contributed by atoms with Crippen LogP contribution < -0.4 is 5.73 Å². The van der Waals surface area contributed by atoms with Gasteiger partial charge in [-0.3, -0.25) is 4.79 Å². The Balaban J connectivity index is 0.00000256. The SMILES string of the molecule is C[C@@H](CN)C(=O)OCc1cc(Cl)nc(Cl)c1.Cl. The van der Waals surface area contributed by atoms with E-state index < -0.39 is 0 Å². The van der Waals surface area contributed by atoms with E-state index in [2.05, 4.69) is 4.98 Å². The van der Waals surface area contributed by atoms with Gasteiger partial charge in [0, 0.05) is 6.54 Å². The summed E-state index contributed by atoms with van der Waals surface area (Å²) in [6.07, 6.45) is 0. The highest BCUT2D eigenvalue weighted by atomic mass is 35.5. The summed E-state index contributed by atoms with van der Waals surface area (Å²) in [6, 6.07) is 3.18. The fourth-order valence-corrected chi connectivity index (χ4v) is 1.50. The Hall–Kier alpha value is -0.550. The number of nitrogens with zero attached hydrogens (tertiary/aromatic N) is 1. The zero-order chi connectivity index (χ0) is 12.1. The molecule has 0 fully saturated rings. The van der Waals surface area contributed by atoms with Gasteiger partial charge < -0.3 is 10.5 Å². The molecule has 0 spiro atoms. The first kappa shape index (κ1) is 16.4. The average molecular weight is 300 g/mol. The number of nitrogens with two attached hydrogens (primary N) is 1. The Labute approximate surface area is 116 Å². The molecule has 1 heterocycles. The largest absolute Gasteiger partial charge is 0.461 e. The lowest BCUT2D eigenvalue weighted by Gasteiger charge is -2.09. The van der Waals surface area contributed by atoms with Crippen molar-refractivity contribution in [3.63, 3.8) is 0 Å². The van der Waals surface area contributed by atoms with Crippen molar-refractivity contribution < 1.29 is 9.53 Å². The molecule has 4 nitrogen and oxygen atoms in total. The third-order valence-corrected chi connectivity index (χ3v) is 2.35. The Kier molecular flexibility index (Phi) is 7.46. The van der Waals surface area contributed by atoms with Crippen molar-refractivity contribution in [2.75, 3.05) is 6.54 Å². The first-order valence-electron chi connectivity index (χ1n) is 4.71. The van der Waals surface area contributed by atoms with Crippen LogP contribution in [0.25, 0.3) is 0 Å². The van der Waals surface area contributed by atoms with Gasteiger partial charge in [0.25, 0.3) is 0 Å². The summed E-state index contributed by atoms with van der Waals surface area (Å²) < 4.78 is 5.03. The molecule has 1 atom stereocenters. The Morgan fingerprint density at radius 2 is 2.00 bits per heavy atom. The molecule has 1 aromatic heterocycles. The van der Waals surface area contributed by atoms with Gasteiger partial charge in [0.2, 0.25) is 0 Å². The Morgan fingerprint density at radius 1 is 1.47 bits per heavy atom. The molecule has 96 valence electrons.